The van der Waals surface area contributed by atoms with Gasteiger partial charge in [-0.05, 0) is 31.4 Å². The summed E-state index contributed by atoms with van der Waals surface area (Å²) in [6.45, 7) is 5.39. The van der Waals surface area contributed by atoms with Crippen molar-refractivity contribution in [3.05, 3.63) is 29.3 Å². The molecule has 1 aromatic carbocycles. The number of aryl methyl sites for hydroxylation is 1. The third-order valence-corrected chi connectivity index (χ3v) is 4.14. The van der Waals surface area contributed by atoms with Gasteiger partial charge in [0, 0.05) is 24.8 Å². The van der Waals surface area contributed by atoms with Crippen molar-refractivity contribution in [3.8, 4) is 0 Å². The van der Waals surface area contributed by atoms with Crippen molar-refractivity contribution in [2.24, 2.45) is 0 Å². The van der Waals surface area contributed by atoms with Crippen LogP contribution in [0.3, 0.4) is 0 Å². The minimum Gasteiger partial charge on any atom is -0.394 e. The number of anilines is 1. The van der Waals surface area contributed by atoms with Gasteiger partial charge in [0.05, 0.1) is 25.9 Å². The molecule has 1 aliphatic heterocycles. The molecule has 110 valence electrons. The highest BCUT2D eigenvalue weighted by Gasteiger charge is 2.25. The number of hydrogen-bond acceptors (Lipinski definition) is 4. The zero-order chi connectivity index (χ0) is 13.9. The molecule has 0 spiro atoms. The molecule has 2 fully saturated rings. The van der Waals surface area contributed by atoms with Crippen molar-refractivity contribution in [2.45, 2.75) is 38.4 Å². The normalized spacial score (nSPS) is 23.1. The molecule has 2 N–H and O–H groups in total. The summed E-state index contributed by atoms with van der Waals surface area (Å²) in [5.74, 6) is 0. The van der Waals surface area contributed by atoms with E-state index >= 15 is 0 Å². The second kappa shape index (κ2) is 6.12. The van der Waals surface area contributed by atoms with Gasteiger partial charge in [-0.25, -0.2) is 0 Å². The second-order valence-corrected chi connectivity index (χ2v) is 5.89. The first-order valence-electron chi connectivity index (χ1n) is 7.56. The third-order valence-electron chi connectivity index (χ3n) is 4.14. The molecule has 2 aliphatic rings. The van der Waals surface area contributed by atoms with Crippen LogP contribution in [0.4, 0.5) is 5.69 Å². The van der Waals surface area contributed by atoms with E-state index in [1.807, 2.05) is 0 Å². The first kappa shape index (κ1) is 13.9. The van der Waals surface area contributed by atoms with Gasteiger partial charge in [0.2, 0.25) is 0 Å². The van der Waals surface area contributed by atoms with Gasteiger partial charge >= 0.3 is 0 Å². The first-order valence-corrected chi connectivity index (χ1v) is 7.56. The fourth-order valence-corrected chi connectivity index (χ4v) is 2.80. The summed E-state index contributed by atoms with van der Waals surface area (Å²) < 4.78 is 5.48. The molecule has 1 saturated carbocycles. The Morgan fingerprint density at radius 2 is 2.25 bits per heavy atom. The molecule has 4 heteroatoms. The Kier molecular flexibility index (Phi) is 4.24. The van der Waals surface area contributed by atoms with Crippen molar-refractivity contribution in [3.63, 3.8) is 0 Å². The Morgan fingerprint density at radius 1 is 1.40 bits per heavy atom. The number of ether oxygens (including phenoxy) is 1. The van der Waals surface area contributed by atoms with Crippen LogP contribution in [0.1, 0.15) is 24.0 Å². The predicted octanol–water partition coefficient (Wildman–Crippen LogP) is 1.44. The van der Waals surface area contributed by atoms with Gasteiger partial charge in [-0.2, -0.15) is 0 Å². The molecule has 0 amide bonds. The van der Waals surface area contributed by atoms with Crippen molar-refractivity contribution >= 4 is 5.69 Å². The largest absolute Gasteiger partial charge is 0.394 e. The van der Waals surface area contributed by atoms with Crippen molar-refractivity contribution < 1.29 is 9.84 Å². The van der Waals surface area contributed by atoms with Crippen LogP contribution in [0.2, 0.25) is 0 Å². The summed E-state index contributed by atoms with van der Waals surface area (Å²) in [5.41, 5.74) is 3.86. The van der Waals surface area contributed by atoms with E-state index in [1.165, 1.54) is 29.7 Å². The van der Waals surface area contributed by atoms with Crippen LogP contribution in [-0.4, -0.2) is 43.6 Å². The number of aliphatic hydroxyl groups excluding tert-OH is 1. The van der Waals surface area contributed by atoms with Crippen LogP contribution in [0.25, 0.3) is 0 Å². The Balaban J connectivity index is 1.81. The molecule has 3 rings (SSSR count). The van der Waals surface area contributed by atoms with E-state index in [1.54, 1.807) is 0 Å². The topological polar surface area (TPSA) is 44.7 Å². The van der Waals surface area contributed by atoms with Crippen LogP contribution in [0.5, 0.6) is 0 Å². The fraction of sp³-hybridized carbons (Fsp3) is 0.625. The third kappa shape index (κ3) is 3.14. The maximum atomic E-state index is 9.56. The van der Waals surface area contributed by atoms with E-state index < -0.39 is 0 Å². The molecule has 1 unspecified atom stereocenters. The highest BCUT2D eigenvalue weighted by atomic mass is 16.5. The highest BCUT2D eigenvalue weighted by Crippen LogP contribution is 2.27. The van der Waals surface area contributed by atoms with E-state index in [4.69, 9.17) is 4.74 Å². The van der Waals surface area contributed by atoms with Crippen LogP contribution in [-0.2, 0) is 11.3 Å². The minimum atomic E-state index is 0.0751. The summed E-state index contributed by atoms with van der Waals surface area (Å²) in [5, 5.41) is 13.2. The van der Waals surface area contributed by atoms with Gasteiger partial charge < -0.3 is 20.1 Å². The van der Waals surface area contributed by atoms with Crippen LogP contribution in [0, 0.1) is 6.92 Å². The van der Waals surface area contributed by atoms with Crippen LogP contribution < -0.4 is 10.2 Å². The summed E-state index contributed by atoms with van der Waals surface area (Å²) >= 11 is 0. The minimum absolute atomic E-state index is 0.0751. The summed E-state index contributed by atoms with van der Waals surface area (Å²) in [4.78, 5) is 2.30. The monoisotopic (exact) mass is 276 g/mol. The van der Waals surface area contributed by atoms with Crippen LogP contribution in [0.15, 0.2) is 18.2 Å². The van der Waals surface area contributed by atoms with Crippen LogP contribution >= 0.6 is 0 Å². The summed E-state index contributed by atoms with van der Waals surface area (Å²) in [6, 6.07) is 7.38. The molecular formula is C16H24N2O2. The van der Waals surface area contributed by atoms with Gasteiger partial charge in [-0.3, -0.25) is 0 Å². The molecule has 0 radical (unpaired) electrons. The molecule has 1 atom stereocenters. The number of nitrogens with zero attached hydrogens (tertiary/aromatic N) is 1. The van der Waals surface area contributed by atoms with E-state index in [0.29, 0.717) is 12.6 Å². The van der Waals surface area contributed by atoms with Crippen molar-refractivity contribution in [2.75, 3.05) is 31.3 Å². The highest BCUT2D eigenvalue weighted by molar-refractivity contribution is 5.56. The molecule has 4 nitrogen and oxygen atoms in total. The maximum absolute atomic E-state index is 9.56. The smallest absolute Gasteiger partial charge is 0.0755 e. The first-order chi connectivity index (χ1) is 9.78. The number of benzene rings is 1. The summed E-state index contributed by atoms with van der Waals surface area (Å²) in [7, 11) is 0. The Labute approximate surface area is 120 Å². The average molecular weight is 276 g/mol. The van der Waals surface area contributed by atoms with E-state index in [2.05, 4.69) is 35.3 Å². The molecule has 0 bridgehead atoms. The van der Waals surface area contributed by atoms with Crippen molar-refractivity contribution in [1.82, 2.24) is 5.32 Å². The zero-order valence-electron chi connectivity index (χ0n) is 12.1. The molecule has 1 heterocycles. The van der Waals surface area contributed by atoms with E-state index in [-0.39, 0.29) is 12.6 Å². The molecule has 1 aliphatic carbocycles. The van der Waals surface area contributed by atoms with Gasteiger partial charge in [-0.15, -0.1) is 0 Å². The standard InChI is InChI=1S/C16H24N2O2/c1-12-2-5-16(13(8-12)9-17-14-3-4-14)18-6-7-20-11-15(18)10-19/h2,5,8,14-15,17,19H,3-4,6-7,9-11H2,1H3. The zero-order valence-corrected chi connectivity index (χ0v) is 12.1. The van der Waals surface area contributed by atoms with Crippen molar-refractivity contribution in [1.29, 1.82) is 0 Å². The van der Waals surface area contributed by atoms with Gasteiger partial charge in [0.1, 0.15) is 0 Å². The van der Waals surface area contributed by atoms with E-state index in [0.717, 1.165) is 19.7 Å². The lowest BCUT2D eigenvalue weighted by atomic mass is 10.1. The van der Waals surface area contributed by atoms with E-state index in [9.17, 15) is 5.11 Å². The van der Waals surface area contributed by atoms with Gasteiger partial charge in [0.25, 0.3) is 0 Å². The Hall–Kier alpha value is -1.10. The fourth-order valence-electron chi connectivity index (χ4n) is 2.80. The molecule has 1 aromatic rings. The Bertz CT molecular complexity index is 460. The number of hydrogen-bond donors (Lipinski definition) is 2. The van der Waals surface area contributed by atoms with Gasteiger partial charge in [-0.1, -0.05) is 17.7 Å². The number of nitrogens with one attached hydrogen (secondary N) is 1. The van der Waals surface area contributed by atoms with Gasteiger partial charge in [0.15, 0.2) is 0 Å². The number of rotatable bonds is 5. The number of aliphatic hydroxyl groups is 1. The molecule has 20 heavy (non-hydrogen) atoms. The quantitative estimate of drug-likeness (QED) is 0.854. The lowest BCUT2D eigenvalue weighted by molar-refractivity contribution is 0.0726. The second-order valence-electron chi connectivity index (χ2n) is 5.89. The molecule has 1 saturated heterocycles. The lowest BCUT2D eigenvalue weighted by Crippen LogP contribution is -2.48. The Morgan fingerprint density at radius 3 is 3.00 bits per heavy atom. The average Bonchev–Trinajstić information content (AvgIpc) is 3.29. The maximum Gasteiger partial charge on any atom is 0.0755 e. The predicted molar refractivity (Wildman–Crippen MR) is 80.1 cm³/mol. The lowest BCUT2D eigenvalue weighted by Gasteiger charge is -2.37. The number of morpholine rings is 1. The SMILES string of the molecule is Cc1ccc(N2CCOCC2CO)c(CNC2CC2)c1. The molecule has 0 aromatic heterocycles. The summed E-state index contributed by atoms with van der Waals surface area (Å²) in [6.07, 6.45) is 2.61. The molecular weight excluding hydrogens is 252 g/mol.